The molecule has 3 heteroatoms. The van der Waals surface area contributed by atoms with Gasteiger partial charge < -0.3 is 4.74 Å². The van der Waals surface area contributed by atoms with Crippen molar-refractivity contribution in [3.8, 4) is 0 Å². The number of carbonyl (C=O) groups is 1. The second-order valence-electron chi connectivity index (χ2n) is 2.29. The molecule has 1 N–H and O–H groups in total. The maximum Gasteiger partial charge on any atom is 0.410 e. The fraction of sp³-hybridized carbons (Fsp3) is 0.571. The van der Waals surface area contributed by atoms with Crippen LogP contribution in [0.25, 0.3) is 0 Å². The van der Waals surface area contributed by atoms with Crippen LogP contribution >= 0.6 is 0 Å². The SMILES string of the molecule is COC(=O)NC=C1CCC1. The highest BCUT2D eigenvalue weighted by atomic mass is 16.5. The average molecular weight is 141 g/mol. The number of rotatable bonds is 1. The van der Waals surface area contributed by atoms with Crippen molar-refractivity contribution < 1.29 is 9.53 Å². The quantitative estimate of drug-likeness (QED) is 0.599. The van der Waals surface area contributed by atoms with E-state index in [0.29, 0.717) is 0 Å². The van der Waals surface area contributed by atoms with E-state index >= 15 is 0 Å². The van der Waals surface area contributed by atoms with Crippen molar-refractivity contribution in [3.05, 3.63) is 11.8 Å². The van der Waals surface area contributed by atoms with Gasteiger partial charge in [-0.15, -0.1) is 0 Å². The molecule has 0 atom stereocenters. The van der Waals surface area contributed by atoms with E-state index in [4.69, 9.17) is 0 Å². The van der Waals surface area contributed by atoms with Gasteiger partial charge in [0.2, 0.25) is 0 Å². The van der Waals surface area contributed by atoms with Gasteiger partial charge in [-0.2, -0.15) is 0 Å². The van der Waals surface area contributed by atoms with Gasteiger partial charge in [-0.25, -0.2) is 4.79 Å². The van der Waals surface area contributed by atoms with Crippen LogP contribution in [0.1, 0.15) is 19.3 Å². The monoisotopic (exact) mass is 141 g/mol. The van der Waals surface area contributed by atoms with E-state index in [1.165, 1.54) is 19.1 Å². The van der Waals surface area contributed by atoms with Crippen molar-refractivity contribution in [2.75, 3.05) is 7.11 Å². The van der Waals surface area contributed by atoms with Crippen molar-refractivity contribution in [2.45, 2.75) is 19.3 Å². The van der Waals surface area contributed by atoms with Gasteiger partial charge in [0, 0.05) is 6.20 Å². The van der Waals surface area contributed by atoms with E-state index in [1.54, 1.807) is 6.20 Å². The first-order chi connectivity index (χ1) is 4.83. The molecule has 1 saturated carbocycles. The zero-order valence-corrected chi connectivity index (χ0v) is 6.02. The highest BCUT2D eigenvalue weighted by Crippen LogP contribution is 2.23. The molecule has 0 saturated heterocycles. The molecule has 0 aromatic rings. The van der Waals surface area contributed by atoms with Crippen LogP contribution in [0, 0.1) is 0 Å². The van der Waals surface area contributed by atoms with Crippen LogP contribution in [0.15, 0.2) is 11.8 Å². The van der Waals surface area contributed by atoms with E-state index in [2.05, 4.69) is 10.1 Å². The standard InChI is InChI=1S/C7H11NO2/c1-10-7(9)8-5-6-3-2-4-6/h5H,2-4H2,1H3,(H,8,9). The fourth-order valence-electron chi connectivity index (χ4n) is 0.745. The lowest BCUT2D eigenvalue weighted by Gasteiger charge is -2.15. The second-order valence-corrected chi connectivity index (χ2v) is 2.29. The number of hydrogen-bond donors (Lipinski definition) is 1. The molecule has 1 amide bonds. The molecule has 0 spiro atoms. The van der Waals surface area contributed by atoms with Gasteiger partial charge in [0.25, 0.3) is 0 Å². The van der Waals surface area contributed by atoms with Crippen molar-refractivity contribution in [2.24, 2.45) is 0 Å². The topological polar surface area (TPSA) is 38.3 Å². The molecule has 1 fully saturated rings. The van der Waals surface area contributed by atoms with Crippen molar-refractivity contribution in [3.63, 3.8) is 0 Å². The van der Waals surface area contributed by atoms with E-state index in [0.717, 1.165) is 12.8 Å². The van der Waals surface area contributed by atoms with E-state index in [1.807, 2.05) is 0 Å². The molecule has 0 aromatic heterocycles. The molecule has 3 nitrogen and oxygen atoms in total. The molecule has 10 heavy (non-hydrogen) atoms. The van der Waals surface area contributed by atoms with Gasteiger partial charge in [-0.1, -0.05) is 5.57 Å². The summed E-state index contributed by atoms with van der Waals surface area (Å²) in [4.78, 5) is 10.5. The van der Waals surface area contributed by atoms with Gasteiger partial charge in [-0.3, -0.25) is 5.32 Å². The normalized spacial score (nSPS) is 15.5. The predicted molar refractivity (Wildman–Crippen MR) is 37.5 cm³/mol. The molecular weight excluding hydrogens is 130 g/mol. The minimum Gasteiger partial charge on any atom is -0.453 e. The Balaban J connectivity index is 2.19. The molecule has 0 aromatic carbocycles. The Morgan fingerprint density at radius 1 is 1.70 bits per heavy atom. The van der Waals surface area contributed by atoms with E-state index in [-0.39, 0.29) is 6.09 Å². The number of alkyl carbamates (subject to hydrolysis) is 1. The van der Waals surface area contributed by atoms with Gasteiger partial charge in [0.05, 0.1) is 7.11 Å². The first kappa shape index (κ1) is 7.12. The third kappa shape index (κ3) is 1.76. The lowest BCUT2D eigenvalue weighted by atomic mass is 9.94. The smallest absolute Gasteiger partial charge is 0.410 e. The van der Waals surface area contributed by atoms with Crippen LogP contribution in [0.5, 0.6) is 0 Å². The number of nitrogens with one attached hydrogen (secondary N) is 1. The molecule has 0 radical (unpaired) electrons. The zero-order valence-electron chi connectivity index (χ0n) is 6.02. The zero-order chi connectivity index (χ0) is 7.40. The largest absolute Gasteiger partial charge is 0.453 e. The number of carbonyl (C=O) groups excluding carboxylic acids is 1. The first-order valence-corrected chi connectivity index (χ1v) is 3.35. The van der Waals surface area contributed by atoms with Crippen LogP contribution in [-0.4, -0.2) is 13.2 Å². The Labute approximate surface area is 60.1 Å². The van der Waals surface area contributed by atoms with Gasteiger partial charge in [-0.05, 0) is 19.3 Å². The molecule has 1 rings (SSSR count). The highest BCUT2D eigenvalue weighted by Gasteiger charge is 2.07. The minimum atomic E-state index is -0.389. The summed E-state index contributed by atoms with van der Waals surface area (Å²) < 4.78 is 4.37. The minimum absolute atomic E-state index is 0.389. The molecule has 1 aliphatic carbocycles. The summed E-state index contributed by atoms with van der Waals surface area (Å²) in [5.41, 5.74) is 1.30. The lowest BCUT2D eigenvalue weighted by molar-refractivity contribution is 0.175. The van der Waals surface area contributed by atoms with Crippen molar-refractivity contribution in [1.29, 1.82) is 0 Å². The van der Waals surface area contributed by atoms with Crippen molar-refractivity contribution >= 4 is 6.09 Å². The summed E-state index contributed by atoms with van der Waals surface area (Å²) in [5, 5.41) is 2.51. The van der Waals surface area contributed by atoms with Gasteiger partial charge in [0.15, 0.2) is 0 Å². The lowest BCUT2D eigenvalue weighted by Crippen LogP contribution is -2.18. The summed E-state index contributed by atoms with van der Waals surface area (Å²) in [6, 6.07) is 0. The Bertz CT molecular complexity index is 157. The van der Waals surface area contributed by atoms with Crippen LogP contribution in [0.2, 0.25) is 0 Å². The highest BCUT2D eigenvalue weighted by molar-refractivity contribution is 5.68. The second kappa shape index (κ2) is 3.25. The Kier molecular flexibility index (Phi) is 2.31. The molecule has 0 unspecified atom stereocenters. The summed E-state index contributed by atoms with van der Waals surface area (Å²) in [6.45, 7) is 0. The Morgan fingerprint density at radius 3 is 2.80 bits per heavy atom. The summed E-state index contributed by atoms with van der Waals surface area (Å²) in [5.74, 6) is 0. The maximum absolute atomic E-state index is 10.5. The molecule has 0 aliphatic heterocycles. The summed E-state index contributed by atoms with van der Waals surface area (Å²) in [6.07, 6.45) is 4.82. The average Bonchev–Trinajstić information content (AvgIpc) is 1.84. The summed E-state index contributed by atoms with van der Waals surface area (Å²) in [7, 11) is 1.36. The third-order valence-electron chi connectivity index (χ3n) is 1.58. The first-order valence-electron chi connectivity index (χ1n) is 3.35. The molecule has 56 valence electrons. The number of hydrogen-bond acceptors (Lipinski definition) is 2. The van der Waals surface area contributed by atoms with Gasteiger partial charge in [0.1, 0.15) is 0 Å². The van der Waals surface area contributed by atoms with Crippen LogP contribution in [0.3, 0.4) is 0 Å². The van der Waals surface area contributed by atoms with Crippen molar-refractivity contribution in [1.82, 2.24) is 5.32 Å². The third-order valence-corrected chi connectivity index (χ3v) is 1.58. The number of ether oxygens (including phenoxy) is 1. The fourth-order valence-corrected chi connectivity index (χ4v) is 0.745. The molecule has 0 heterocycles. The maximum atomic E-state index is 10.5. The Morgan fingerprint density at radius 2 is 2.40 bits per heavy atom. The number of allylic oxidation sites excluding steroid dienone is 1. The van der Waals surface area contributed by atoms with E-state index in [9.17, 15) is 4.79 Å². The van der Waals surface area contributed by atoms with E-state index < -0.39 is 0 Å². The van der Waals surface area contributed by atoms with Crippen LogP contribution in [-0.2, 0) is 4.74 Å². The summed E-state index contributed by atoms with van der Waals surface area (Å²) >= 11 is 0. The molecule has 1 aliphatic rings. The number of methoxy groups -OCH3 is 1. The number of amides is 1. The predicted octanol–water partition coefficient (Wildman–Crippen LogP) is 1.41. The molecular formula is C7H11NO2. The van der Waals surface area contributed by atoms with Crippen LogP contribution in [0.4, 0.5) is 4.79 Å². The van der Waals surface area contributed by atoms with Gasteiger partial charge >= 0.3 is 6.09 Å². The van der Waals surface area contributed by atoms with Crippen LogP contribution < -0.4 is 5.32 Å². The molecule has 0 bridgehead atoms. The Hall–Kier alpha value is -0.990.